The number of nitrogens with zero attached hydrogens (tertiary/aromatic N) is 3. The number of halogens is 6. The summed E-state index contributed by atoms with van der Waals surface area (Å²) >= 11 is 0. The van der Waals surface area contributed by atoms with E-state index in [1.165, 1.54) is 12.1 Å². The molecule has 1 aromatic heterocycles. The van der Waals surface area contributed by atoms with E-state index in [1.54, 1.807) is 19.1 Å². The minimum Gasteiger partial charge on any atom is -0.292 e. The van der Waals surface area contributed by atoms with Gasteiger partial charge in [-0.15, -0.1) is 0 Å². The molecule has 174 valence electrons. The molecule has 8 nitrogen and oxygen atoms in total. The summed E-state index contributed by atoms with van der Waals surface area (Å²) in [5.41, 5.74) is -0.905. The van der Waals surface area contributed by atoms with Crippen molar-refractivity contribution in [2.45, 2.75) is 19.3 Å². The van der Waals surface area contributed by atoms with Gasteiger partial charge in [0.25, 0.3) is 11.6 Å². The molecule has 0 bridgehead atoms. The van der Waals surface area contributed by atoms with Crippen LogP contribution in [0.2, 0.25) is 0 Å². The van der Waals surface area contributed by atoms with E-state index in [-0.39, 0.29) is 11.8 Å². The number of nitrogens with one attached hydrogen (secondary N) is 2. The normalized spacial score (nSPS) is 11.8. The molecule has 0 fully saturated rings. The van der Waals surface area contributed by atoms with E-state index in [0.717, 1.165) is 0 Å². The largest absolute Gasteiger partial charge is 0.434 e. The second kappa shape index (κ2) is 8.44. The highest BCUT2D eigenvalue weighted by Gasteiger charge is 2.41. The highest BCUT2D eigenvalue weighted by Crippen LogP contribution is 2.36. The first-order chi connectivity index (χ1) is 15.3. The first kappa shape index (κ1) is 23.6. The predicted octanol–water partition coefficient (Wildman–Crippen LogP) is 4.88. The van der Waals surface area contributed by atoms with Gasteiger partial charge in [-0.3, -0.25) is 25.8 Å². The first-order valence-electron chi connectivity index (χ1n) is 8.94. The van der Waals surface area contributed by atoms with E-state index in [1.807, 2.05) is 10.9 Å². The minimum atomic E-state index is -5.01. The van der Waals surface area contributed by atoms with Crippen molar-refractivity contribution >= 4 is 17.3 Å². The Balaban J connectivity index is 1.94. The summed E-state index contributed by atoms with van der Waals surface area (Å²) < 4.78 is 80.2. The van der Waals surface area contributed by atoms with Crippen molar-refractivity contribution in [3.05, 3.63) is 81.2 Å². The van der Waals surface area contributed by atoms with Gasteiger partial charge in [0.15, 0.2) is 5.69 Å². The number of anilines is 1. The Labute approximate surface area is 180 Å². The molecule has 0 aliphatic heterocycles. The topological polar surface area (TPSA) is 102 Å². The van der Waals surface area contributed by atoms with Crippen LogP contribution in [0.3, 0.4) is 0 Å². The number of rotatable bonds is 5. The van der Waals surface area contributed by atoms with Crippen molar-refractivity contribution in [3.63, 3.8) is 0 Å². The summed E-state index contributed by atoms with van der Waals surface area (Å²) in [4.78, 5) is 22.4. The number of aryl methyl sites for hydroxylation is 1. The van der Waals surface area contributed by atoms with Crippen LogP contribution < -0.4 is 10.9 Å². The molecule has 0 aliphatic rings. The third kappa shape index (κ3) is 4.88. The molecular weight excluding hydrogens is 460 g/mol. The lowest BCUT2D eigenvalue weighted by Gasteiger charge is -2.15. The van der Waals surface area contributed by atoms with Crippen LogP contribution in [0.15, 0.2) is 48.7 Å². The van der Waals surface area contributed by atoms with Gasteiger partial charge >= 0.3 is 12.4 Å². The van der Waals surface area contributed by atoms with Crippen molar-refractivity contribution < 1.29 is 36.1 Å². The van der Waals surface area contributed by atoms with Crippen LogP contribution in [0.4, 0.5) is 37.7 Å². The van der Waals surface area contributed by atoms with E-state index < -0.39 is 51.4 Å². The van der Waals surface area contributed by atoms with Crippen LogP contribution in [-0.2, 0) is 12.4 Å². The number of hydrazine groups is 1. The molecule has 0 atom stereocenters. The van der Waals surface area contributed by atoms with Gasteiger partial charge in [-0.1, -0.05) is 18.2 Å². The Morgan fingerprint density at radius 2 is 1.73 bits per heavy atom. The van der Waals surface area contributed by atoms with Crippen molar-refractivity contribution in [2.75, 3.05) is 5.43 Å². The summed E-state index contributed by atoms with van der Waals surface area (Å²) in [6, 6.07) is 7.40. The Bertz CT molecular complexity index is 1220. The maximum absolute atomic E-state index is 13.8. The average Bonchev–Trinajstić information content (AvgIpc) is 3.17. The van der Waals surface area contributed by atoms with Gasteiger partial charge in [0, 0.05) is 6.07 Å². The molecule has 14 heteroatoms. The number of benzene rings is 2. The third-order valence-corrected chi connectivity index (χ3v) is 4.46. The Kier molecular flexibility index (Phi) is 6.03. The Hall–Kier alpha value is -4.10. The molecular formula is C19H13F6N5O3. The number of nitro benzene ring substituents is 1. The number of amides is 1. The van der Waals surface area contributed by atoms with Crippen LogP contribution in [0.1, 0.15) is 27.2 Å². The van der Waals surface area contributed by atoms with Gasteiger partial charge in [-0.05, 0) is 30.7 Å². The molecule has 33 heavy (non-hydrogen) atoms. The Morgan fingerprint density at radius 1 is 1.06 bits per heavy atom. The number of hydrogen-bond acceptors (Lipinski definition) is 5. The van der Waals surface area contributed by atoms with Crippen LogP contribution >= 0.6 is 0 Å². The number of carbonyl (C=O) groups is 1. The molecule has 2 aromatic carbocycles. The van der Waals surface area contributed by atoms with Crippen molar-refractivity contribution in [1.29, 1.82) is 0 Å². The summed E-state index contributed by atoms with van der Waals surface area (Å²) in [6.45, 7) is 1.54. The zero-order valence-corrected chi connectivity index (χ0v) is 16.5. The average molecular weight is 473 g/mol. The zero-order chi connectivity index (χ0) is 24.6. The molecule has 3 rings (SSSR count). The summed E-state index contributed by atoms with van der Waals surface area (Å²) in [6.07, 6.45) is -9.21. The van der Waals surface area contributed by atoms with Crippen molar-refractivity contribution in [1.82, 2.24) is 15.2 Å². The third-order valence-electron chi connectivity index (χ3n) is 4.46. The summed E-state index contributed by atoms with van der Waals surface area (Å²) in [5.74, 6) is -1.36. The zero-order valence-electron chi connectivity index (χ0n) is 16.5. The molecule has 0 unspecified atom stereocenters. The standard InChI is InChI=1S/C19H13F6N5O3/c1-10-4-2-3-5-14(10)29-16(19(23,24)25)12(9-26-29)17(31)28-27-13-7-6-11(18(20,21)22)8-15(13)30(32)33/h2-9,27H,1H3,(H,28,31). The smallest absolute Gasteiger partial charge is 0.292 e. The number of hydrogen-bond donors (Lipinski definition) is 2. The Morgan fingerprint density at radius 3 is 2.30 bits per heavy atom. The molecule has 0 saturated heterocycles. The molecule has 1 amide bonds. The van der Waals surface area contributed by atoms with Crippen molar-refractivity contribution in [3.8, 4) is 5.69 Å². The highest BCUT2D eigenvalue weighted by atomic mass is 19.4. The minimum absolute atomic E-state index is 0.0650. The van der Waals surface area contributed by atoms with E-state index in [2.05, 4.69) is 5.10 Å². The molecule has 0 radical (unpaired) electrons. The number of para-hydroxylation sites is 1. The number of alkyl halides is 6. The maximum Gasteiger partial charge on any atom is 0.434 e. The maximum atomic E-state index is 13.8. The fraction of sp³-hybridized carbons (Fsp3) is 0.158. The van der Waals surface area contributed by atoms with Crippen LogP contribution in [0.25, 0.3) is 5.69 Å². The number of carbonyl (C=O) groups excluding carboxylic acids is 1. The summed E-state index contributed by atoms with van der Waals surface area (Å²) in [7, 11) is 0. The van der Waals surface area contributed by atoms with E-state index in [4.69, 9.17) is 0 Å². The molecule has 3 aromatic rings. The van der Waals surface area contributed by atoms with Gasteiger partial charge in [-0.2, -0.15) is 31.4 Å². The number of aromatic nitrogens is 2. The second-order valence-corrected chi connectivity index (χ2v) is 6.67. The lowest BCUT2D eigenvalue weighted by Crippen LogP contribution is -2.31. The molecule has 0 aliphatic carbocycles. The second-order valence-electron chi connectivity index (χ2n) is 6.67. The lowest BCUT2D eigenvalue weighted by molar-refractivity contribution is -0.384. The fourth-order valence-corrected chi connectivity index (χ4v) is 2.93. The predicted molar refractivity (Wildman–Crippen MR) is 102 cm³/mol. The first-order valence-corrected chi connectivity index (χ1v) is 8.94. The SMILES string of the molecule is Cc1ccccc1-n1ncc(C(=O)NNc2ccc(C(F)(F)F)cc2[N+](=O)[O-])c1C(F)(F)F. The number of nitro groups is 1. The van der Waals surface area contributed by atoms with E-state index >= 15 is 0 Å². The van der Waals surface area contributed by atoms with Gasteiger partial charge in [0.1, 0.15) is 5.69 Å². The molecule has 1 heterocycles. The van der Waals surface area contributed by atoms with Gasteiger partial charge in [0.05, 0.1) is 27.9 Å². The highest BCUT2D eigenvalue weighted by molar-refractivity contribution is 5.96. The molecule has 0 saturated carbocycles. The molecule has 2 N–H and O–H groups in total. The summed E-state index contributed by atoms with van der Waals surface area (Å²) in [5, 5.41) is 14.8. The van der Waals surface area contributed by atoms with Crippen LogP contribution in [0, 0.1) is 17.0 Å². The van der Waals surface area contributed by atoms with Crippen LogP contribution in [-0.4, -0.2) is 20.6 Å². The van der Waals surface area contributed by atoms with E-state index in [0.29, 0.717) is 28.6 Å². The molecule has 0 spiro atoms. The quantitative estimate of drug-likeness (QED) is 0.312. The van der Waals surface area contributed by atoms with Gasteiger partial charge in [-0.25, -0.2) is 4.68 Å². The fourth-order valence-electron chi connectivity index (χ4n) is 2.93. The van der Waals surface area contributed by atoms with Gasteiger partial charge in [0.2, 0.25) is 0 Å². The lowest BCUT2D eigenvalue weighted by atomic mass is 10.1. The van der Waals surface area contributed by atoms with Gasteiger partial charge < -0.3 is 0 Å². The van der Waals surface area contributed by atoms with Crippen LogP contribution in [0.5, 0.6) is 0 Å². The van der Waals surface area contributed by atoms with Crippen molar-refractivity contribution in [2.24, 2.45) is 0 Å². The monoisotopic (exact) mass is 473 g/mol. The van der Waals surface area contributed by atoms with E-state index in [9.17, 15) is 41.3 Å².